The number of hydrogen-bond donors (Lipinski definition) is 0. The molecule has 0 fully saturated rings. The first kappa shape index (κ1) is 12.7. The highest BCUT2D eigenvalue weighted by atomic mass is 35.5. The molecule has 2 rings (SSSR count). The minimum absolute atomic E-state index is 0.413. The molecular formula is C14H14ClNO2. The molecule has 0 radical (unpaired) electrons. The van der Waals surface area contributed by atoms with Gasteiger partial charge in [-0.2, -0.15) is 0 Å². The Morgan fingerprint density at radius 1 is 1.28 bits per heavy atom. The van der Waals surface area contributed by atoms with Gasteiger partial charge in [0.25, 0.3) is 0 Å². The van der Waals surface area contributed by atoms with Crippen molar-refractivity contribution in [1.29, 1.82) is 0 Å². The average Bonchev–Trinajstić information content (AvgIpc) is 2.45. The summed E-state index contributed by atoms with van der Waals surface area (Å²) < 4.78 is 10.9. The van der Waals surface area contributed by atoms with Gasteiger partial charge in [0.15, 0.2) is 0 Å². The van der Waals surface area contributed by atoms with Crippen LogP contribution in [0, 0.1) is 0 Å². The van der Waals surface area contributed by atoms with E-state index in [1.54, 1.807) is 19.5 Å². The maximum Gasteiger partial charge on any atom is 0.142 e. The third-order valence-electron chi connectivity index (χ3n) is 2.54. The highest BCUT2D eigenvalue weighted by molar-refractivity contribution is 6.17. The Balaban J connectivity index is 2.06. The van der Waals surface area contributed by atoms with Crippen molar-refractivity contribution in [2.24, 2.45) is 0 Å². The first-order valence-corrected chi connectivity index (χ1v) is 6.11. The van der Waals surface area contributed by atoms with Gasteiger partial charge in [-0.25, -0.2) is 0 Å². The molecule has 0 N–H and O–H groups in total. The molecule has 0 aliphatic rings. The quantitative estimate of drug-likeness (QED) is 0.775. The molecule has 0 saturated carbocycles. The molecule has 1 heterocycles. The number of alkyl halides is 1. The number of aromatic nitrogens is 1. The van der Waals surface area contributed by atoms with Crippen molar-refractivity contribution >= 4 is 11.6 Å². The summed E-state index contributed by atoms with van der Waals surface area (Å²) in [6.45, 7) is 0.465. The summed E-state index contributed by atoms with van der Waals surface area (Å²) in [5.41, 5.74) is 1.98. The van der Waals surface area contributed by atoms with E-state index in [1.165, 1.54) is 0 Å². The molecular weight excluding hydrogens is 250 g/mol. The average molecular weight is 264 g/mol. The van der Waals surface area contributed by atoms with Crippen LogP contribution >= 0.6 is 11.6 Å². The van der Waals surface area contributed by atoms with Crippen molar-refractivity contribution in [1.82, 2.24) is 4.98 Å². The maximum atomic E-state index is 5.83. The smallest absolute Gasteiger partial charge is 0.142 e. The monoisotopic (exact) mass is 263 g/mol. The molecule has 0 aliphatic carbocycles. The predicted octanol–water partition coefficient (Wildman–Crippen LogP) is 3.41. The summed E-state index contributed by atoms with van der Waals surface area (Å²) in [6, 6.07) is 9.62. The number of hydrogen-bond acceptors (Lipinski definition) is 3. The van der Waals surface area contributed by atoms with Gasteiger partial charge in [0.1, 0.15) is 18.1 Å². The lowest BCUT2D eigenvalue weighted by Gasteiger charge is -2.09. The summed E-state index contributed by atoms with van der Waals surface area (Å²) in [7, 11) is 1.65. The minimum atomic E-state index is 0.413. The number of nitrogens with zero attached hydrogens (tertiary/aromatic N) is 1. The molecule has 4 heteroatoms. The van der Waals surface area contributed by atoms with Crippen LogP contribution in [0.1, 0.15) is 11.1 Å². The van der Waals surface area contributed by atoms with Gasteiger partial charge in [0, 0.05) is 11.8 Å². The number of ether oxygens (including phenoxy) is 2. The molecule has 0 spiro atoms. The Morgan fingerprint density at radius 2 is 2.17 bits per heavy atom. The van der Waals surface area contributed by atoms with Crippen LogP contribution in [0.3, 0.4) is 0 Å². The van der Waals surface area contributed by atoms with E-state index in [0.29, 0.717) is 12.5 Å². The highest BCUT2D eigenvalue weighted by Crippen LogP contribution is 2.20. The Labute approximate surface area is 111 Å². The standard InChI is InChI=1S/C14H14ClNO2/c1-17-13-4-2-3-11(7-13)10-18-14-9-16-6-5-12(14)8-15/h2-7,9H,8,10H2,1H3. The number of halogens is 1. The van der Waals surface area contributed by atoms with E-state index in [4.69, 9.17) is 21.1 Å². The fourth-order valence-corrected chi connectivity index (χ4v) is 1.79. The van der Waals surface area contributed by atoms with Gasteiger partial charge < -0.3 is 9.47 Å². The summed E-state index contributed by atoms with van der Waals surface area (Å²) in [6.07, 6.45) is 3.38. The second-order valence-electron chi connectivity index (χ2n) is 3.76. The van der Waals surface area contributed by atoms with Gasteiger partial charge >= 0.3 is 0 Å². The molecule has 3 nitrogen and oxygen atoms in total. The number of rotatable bonds is 5. The zero-order valence-corrected chi connectivity index (χ0v) is 10.9. The van der Waals surface area contributed by atoms with Crippen molar-refractivity contribution in [3.8, 4) is 11.5 Å². The van der Waals surface area contributed by atoms with Crippen molar-refractivity contribution in [2.45, 2.75) is 12.5 Å². The number of methoxy groups -OCH3 is 1. The van der Waals surface area contributed by atoms with Crippen LogP contribution in [-0.4, -0.2) is 12.1 Å². The predicted molar refractivity (Wildman–Crippen MR) is 71.1 cm³/mol. The zero-order chi connectivity index (χ0) is 12.8. The largest absolute Gasteiger partial charge is 0.497 e. The number of benzene rings is 1. The van der Waals surface area contributed by atoms with Gasteiger partial charge in [-0.05, 0) is 23.8 Å². The normalized spacial score (nSPS) is 10.1. The summed E-state index contributed by atoms with van der Waals surface area (Å²) in [5.74, 6) is 1.95. The van der Waals surface area contributed by atoms with Crippen LogP contribution in [0.25, 0.3) is 0 Å². The second-order valence-corrected chi connectivity index (χ2v) is 4.02. The Kier molecular flexibility index (Phi) is 4.42. The van der Waals surface area contributed by atoms with Crippen molar-refractivity contribution in [3.05, 3.63) is 53.9 Å². The van der Waals surface area contributed by atoms with Crippen LogP contribution in [0.2, 0.25) is 0 Å². The number of pyridine rings is 1. The van der Waals surface area contributed by atoms with Gasteiger partial charge in [0.05, 0.1) is 19.2 Å². The molecule has 2 aromatic rings. The maximum absolute atomic E-state index is 5.83. The molecule has 1 aromatic heterocycles. The van der Waals surface area contributed by atoms with Crippen LogP contribution in [0.4, 0.5) is 0 Å². The molecule has 1 aromatic carbocycles. The molecule has 0 saturated heterocycles. The SMILES string of the molecule is COc1cccc(COc2cnccc2CCl)c1. The molecule has 0 amide bonds. The topological polar surface area (TPSA) is 31.4 Å². The van der Waals surface area contributed by atoms with Crippen LogP contribution in [0.15, 0.2) is 42.7 Å². The van der Waals surface area contributed by atoms with E-state index in [0.717, 1.165) is 22.6 Å². The summed E-state index contributed by atoms with van der Waals surface area (Å²) >= 11 is 5.83. The molecule has 0 aliphatic heterocycles. The van der Waals surface area contributed by atoms with E-state index >= 15 is 0 Å². The lowest BCUT2D eigenvalue weighted by atomic mass is 10.2. The van der Waals surface area contributed by atoms with Crippen LogP contribution in [-0.2, 0) is 12.5 Å². The van der Waals surface area contributed by atoms with E-state index in [1.807, 2.05) is 30.3 Å². The molecule has 0 atom stereocenters. The lowest BCUT2D eigenvalue weighted by Crippen LogP contribution is -1.98. The van der Waals surface area contributed by atoms with E-state index in [2.05, 4.69) is 4.98 Å². The first-order valence-electron chi connectivity index (χ1n) is 5.58. The Bertz CT molecular complexity index is 517. The van der Waals surface area contributed by atoms with Gasteiger partial charge in [-0.15, -0.1) is 11.6 Å². The van der Waals surface area contributed by atoms with E-state index in [-0.39, 0.29) is 0 Å². The lowest BCUT2D eigenvalue weighted by molar-refractivity contribution is 0.301. The molecule has 0 bridgehead atoms. The van der Waals surface area contributed by atoms with Crippen molar-refractivity contribution in [3.63, 3.8) is 0 Å². The summed E-state index contributed by atoms with van der Waals surface area (Å²) in [4.78, 5) is 4.03. The highest BCUT2D eigenvalue weighted by Gasteiger charge is 2.03. The third-order valence-corrected chi connectivity index (χ3v) is 2.83. The van der Waals surface area contributed by atoms with Crippen molar-refractivity contribution in [2.75, 3.05) is 7.11 Å². The fraction of sp³-hybridized carbons (Fsp3) is 0.214. The fourth-order valence-electron chi connectivity index (χ4n) is 1.57. The second kappa shape index (κ2) is 6.26. The van der Waals surface area contributed by atoms with Gasteiger partial charge in [-0.1, -0.05) is 12.1 Å². The van der Waals surface area contributed by atoms with Crippen LogP contribution in [0.5, 0.6) is 11.5 Å². The Morgan fingerprint density at radius 3 is 2.94 bits per heavy atom. The van der Waals surface area contributed by atoms with Crippen molar-refractivity contribution < 1.29 is 9.47 Å². The third kappa shape index (κ3) is 3.14. The Hall–Kier alpha value is -1.74. The minimum Gasteiger partial charge on any atom is -0.497 e. The summed E-state index contributed by atoms with van der Waals surface area (Å²) in [5, 5.41) is 0. The zero-order valence-electron chi connectivity index (χ0n) is 10.1. The van der Waals surface area contributed by atoms with Crippen LogP contribution < -0.4 is 9.47 Å². The van der Waals surface area contributed by atoms with Gasteiger partial charge in [0.2, 0.25) is 0 Å². The van der Waals surface area contributed by atoms with E-state index in [9.17, 15) is 0 Å². The molecule has 0 unspecified atom stereocenters. The molecule has 94 valence electrons. The van der Waals surface area contributed by atoms with Gasteiger partial charge in [-0.3, -0.25) is 4.98 Å². The van der Waals surface area contributed by atoms with E-state index < -0.39 is 0 Å². The molecule has 18 heavy (non-hydrogen) atoms. The first-order chi connectivity index (χ1) is 8.83.